The number of nitrogens with one attached hydrogen (secondary N) is 2. The van der Waals surface area contributed by atoms with Gasteiger partial charge in [0, 0.05) is 24.4 Å². The van der Waals surface area contributed by atoms with Gasteiger partial charge >= 0.3 is 12.0 Å². The number of hydrogen-bond donors (Lipinski definition) is 3. The summed E-state index contributed by atoms with van der Waals surface area (Å²) in [4.78, 5) is 31.8. The first kappa shape index (κ1) is 13.5. The Balaban J connectivity index is 3.76. The van der Waals surface area contributed by atoms with E-state index in [-0.39, 0.29) is 0 Å². The average molecular weight is 232 g/mol. The predicted molar refractivity (Wildman–Crippen MR) is 56.7 cm³/mol. The van der Waals surface area contributed by atoms with Crippen LogP contribution in [-0.2, 0) is 9.59 Å². The van der Waals surface area contributed by atoms with Crippen LogP contribution in [-0.4, -0.2) is 41.6 Å². The van der Waals surface area contributed by atoms with Crippen LogP contribution in [0.2, 0.25) is 0 Å². The second-order valence-electron chi connectivity index (χ2n) is 2.41. The zero-order valence-corrected chi connectivity index (χ0v) is 8.97. The Morgan fingerprint density at radius 3 is 2.53 bits per heavy atom. The Hall–Kier alpha value is -1.50. The molecule has 7 heteroatoms. The van der Waals surface area contributed by atoms with Crippen molar-refractivity contribution in [2.75, 3.05) is 18.6 Å². The minimum absolute atomic E-state index is 0.447. The lowest BCUT2D eigenvalue weighted by molar-refractivity contribution is -0.131. The van der Waals surface area contributed by atoms with Crippen molar-refractivity contribution in [2.45, 2.75) is 0 Å². The number of hydrogen-bond acceptors (Lipinski definition) is 4. The van der Waals surface area contributed by atoms with Crippen LogP contribution in [0.5, 0.6) is 0 Å². The minimum Gasteiger partial charge on any atom is -0.478 e. The molecule has 0 atom stereocenters. The zero-order valence-electron chi connectivity index (χ0n) is 8.15. The van der Waals surface area contributed by atoms with Crippen LogP contribution in [0, 0.1) is 0 Å². The van der Waals surface area contributed by atoms with E-state index in [1.165, 1.54) is 0 Å². The topological polar surface area (TPSA) is 95.5 Å². The van der Waals surface area contributed by atoms with Gasteiger partial charge in [-0.15, -0.1) is 0 Å². The number of carboxylic acids is 1. The summed E-state index contributed by atoms with van der Waals surface area (Å²) in [5, 5.41) is 12.6. The van der Waals surface area contributed by atoms with E-state index >= 15 is 0 Å². The van der Waals surface area contributed by atoms with Crippen molar-refractivity contribution in [3.8, 4) is 0 Å². The molecule has 84 valence electrons. The van der Waals surface area contributed by atoms with Crippen LogP contribution in [0.25, 0.3) is 0 Å². The van der Waals surface area contributed by atoms with Crippen LogP contribution in [0.3, 0.4) is 0 Å². The molecule has 0 aliphatic carbocycles. The Labute approximate surface area is 91.1 Å². The first-order valence-corrected chi connectivity index (χ1v) is 5.44. The maximum atomic E-state index is 10.9. The van der Waals surface area contributed by atoms with Crippen molar-refractivity contribution in [1.82, 2.24) is 10.6 Å². The average Bonchev–Trinajstić information content (AvgIpc) is 2.15. The van der Waals surface area contributed by atoms with E-state index in [2.05, 4.69) is 5.32 Å². The van der Waals surface area contributed by atoms with Crippen LogP contribution in [0.1, 0.15) is 0 Å². The highest BCUT2D eigenvalue weighted by Gasteiger charge is 2.03. The predicted octanol–water partition coefficient (Wildman–Crippen LogP) is -0.184. The monoisotopic (exact) mass is 232 g/mol. The van der Waals surface area contributed by atoms with Crippen molar-refractivity contribution in [2.24, 2.45) is 0 Å². The number of aliphatic carboxylic acids is 1. The molecule has 15 heavy (non-hydrogen) atoms. The smallest absolute Gasteiger partial charge is 0.328 e. The fourth-order valence-corrected chi connectivity index (χ4v) is 0.918. The summed E-state index contributed by atoms with van der Waals surface area (Å²) < 4.78 is 0. The molecule has 0 aromatic rings. The molecule has 0 aromatic heterocycles. The molecule has 6 nitrogen and oxygen atoms in total. The number of carbonyl (C=O) groups is 3. The van der Waals surface area contributed by atoms with E-state index in [1.807, 2.05) is 11.6 Å². The summed E-state index contributed by atoms with van der Waals surface area (Å²) >= 11 is 1.56. The quantitative estimate of drug-likeness (QED) is 0.451. The fraction of sp³-hybridized carbons (Fsp3) is 0.375. The van der Waals surface area contributed by atoms with E-state index in [1.54, 1.807) is 11.8 Å². The zero-order chi connectivity index (χ0) is 11.7. The molecule has 0 aliphatic rings. The highest BCUT2D eigenvalue weighted by Crippen LogP contribution is 1.86. The third-order valence-corrected chi connectivity index (χ3v) is 1.82. The molecule has 0 saturated carbocycles. The summed E-state index contributed by atoms with van der Waals surface area (Å²) in [5.41, 5.74) is 0. The van der Waals surface area contributed by atoms with Crippen molar-refractivity contribution in [3.05, 3.63) is 12.2 Å². The van der Waals surface area contributed by atoms with E-state index in [9.17, 15) is 14.4 Å². The number of imide groups is 1. The molecule has 0 aliphatic heterocycles. The maximum Gasteiger partial charge on any atom is 0.328 e. The molecule has 0 aromatic carbocycles. The van der Waals surface area contributed by atoms with Gasteiger partial charge in [-0.3, -0.25) is 10.1 Å². The number of thioether (sulfide) groups is 1. The number of urea groups is 1. The molecule has 0 fully saturated rings. The number of amides is 3. The Kier molecular flexibility index (Phi) is 7.08. The first-order valence-electron chi connectivity index (χ1n) is 4.05. The normalized spacial score (nSPS) is 9.93. The largest absolute Gasteiger partial charge is 0.478 e. The highest BCUT2D eigenvalue weighted by atomic mass is 32.2. The van der Waals surface area contributed by atoms with Gasteiger partial charge in [-0.2, -0.15) is 11.8 Å². The second kappa shape index (κ2) is 7.86. The molecule has 0 saturated heterocycles. The van der Waals surface area contributed by atoms with Gasteiger partial charge < -0.3 is 10.4 Å². The van der Waals surface area contributed by atoms with Gasteiger partial charge in [0.1, 0.15) is 0 Å². The third kappa shape index (κ3) is 8.82. The SMILES string of the molecule is CSCCNC(=O)NC(=O)C=CC(=O)O. The van der Waals surface area contributed by atoms with Crippen LogP contribution >= 0.6 is 11.8 Å². The van der Waals surface area contributed by atoms with E-state index in [4.69, 9.17) is 5.11 Å². The van der Waals surface area contributed by atoms with Crippen LogP contribution in [0.15, 0.2) is 12.2 Å². The lowest BCUT2D eigenvalue weighted by Crippen LogP contribution is -2.39. The maximum absolute atomic E-state index is 10.9. The highest BCUT2D eigenvalue weighted by molar-refractivity contribution is 7.98. The molecule has 0 radical (unpaired) electrons. The molecular formula is C8H12N2O4S. The standard InChI is InChI=1S/C8H12N2O4S/c1-15-5-4-9-8(14)10-6(11)2-3-7(12)13/h2-3H,4-5H2,1H3,(H,12,13)(H2,9,10,11,14). The summed E-state index contributed by atoms with van der Waals surface area (Å²) in [6, 6.07) is -0.635. The minimum atomic E-state index is -1.24. The summed E-state index contributed by atoms with van der Waals surface area (Å²) in [6.07, 6.45) is 3.32. The number of rotatable bonds is 5. The Morgan fingerprint density at radius 1 is 1.33 bits per heavy atom. The van der Waals surface area contributed by atoms with Crippen molar-refractivity contribution >= 4 is 29.7 Å². The second-order valence-corrected chi connectivity index (χ2v) is 3.40. The van der Waals surface area contributed by atoms with E-state index in [0.29, 0.717) is 12.6 Å². The van der Waals surface area contributed by atoms with Gasteiger partial charge in [0.2, 0.25) is 0 Å². The molecule has 0 rings (SSSR count). The number of carbonyl (C=O) groups excluding carboxylic acids is 2. The van der Waals surface area contributed by atoms with Crippen LogP contribution in [0.4, 0.5) is 4.79 Å². The molecule has 3 amide bonds. The third-order valence-electron chi connectivity index (χ3n) is 1.21. The van der Waals surface area contributed by atoms with Gasteiger partial charge in [-0.05, 0) is 6.26 Å². The molecule has 0 bridgehead atoms. The summed E-state index contributed by atoms with van der Waals surface area (Å²) in [5.74, 6) is -1.26. The summed E-state index contributed by atoms with van der Waals surface area (Å²) in [6.45, 7) is 0.447. The van der Waals surface area contributed by atoms with Crippen molar-refractivity contribution in [3.63, 3.8) is 0 Å². The molecule has 0 unspecified atom stereocenters. The van der Waals surface area contributed by atoms with Gasteiger partial charge in [0.15, 0.2) is 0 Å². The van der Waals surface area contributed by atoms with Gasteiger partial charge in [0.25, 0.3) is 5.91 Å². The van der Waals surface area contributed by atoms with Crippen LogP contribution < -0.4 is 10.6 Å². The van der Waals surface area contributed by atoms with Gasteiger partial charge in [0.05, 0.1) is 0 Å². The lowest BCUT2D eigenvalue weighted by Gasteiger charge is -2.02. The van der Waals surface area contributed by atoms with Gasteiger partial charge in [-0.1, -0.05) is 0 Å². The Bertz CT molecular complexity index is 278. The first-order chi connectivity index (χ1) is 7.06. The number of carboxylic acid groups (broad SMARTS) is 1. The van der Waals surface area contributed by atoms with E-state index < -0.39 is 17.9 Å². The molecule has 0 spiro atoms. The Morgan fingerprint density at radius 2 is 2.00 bits per heavy atom. The fourth-order valence-electron chi connectivity index (χ4n) is 0.611. The molecular weight excluding hydrogens is 220 g/mol. The van der Waals surface area contributed by atoms with Crippen molar-refractivity contribution in [1.29, 1.82) is 0 Å². The van der Waals surface area contributed by atoms with Crippen molar-refractivity contribution < 1.29 is 19.5 Å². The lowest BCUT2D eigenvalue weighted by atomic mass is 10.5. The van der Waals surface area contributed by atoms with Gasteiger partial charge in [-0.25, -0.2) is 9.59 Å². The van der Waals surface area contributed by atoms with E-state index in [0.717, 1.165) is 11.8 Å². The molecule has 0 heterocycles. The summed E-state index contributed by atoms with van der Waals surface area (Å²) in [7, 11) is 0. The molecule has 3 N–H and O–H groups in total.